The molecular formula is C24H28F4N2O4S. The van der Waals surface area contributed by atoms with Crippen LogP contribution in [0.3, 0.4) is 0 Å². The number of piperidine rings is 1. The second-order valence-electron chi connectivity index (χ2n) is 8.73. The summed E-state index contributed by atoms with van der Waals surface area (Å²) < 4.78 is 88.6. The van der Waals surface area contributed by atoms with Crippen LogP contribution in [0.1, 0.15) is 38.7 Å². The van der Waals surface area contributed by atoms with Crippen LogP contribution in [0.15, 0.2) is 30.3 Å². The van der Waals surface area contributed by atoms with Gasteiger partial charge in [-0.2, -0.15) is 0 Å². The monoisotopic (exact) mass is 516 g/mol. The molecule has 0 aromatic heterocycles. The summed E-state index contributed by atoms with van der Waals surface area (Å²) in [5.41, 5.74) is -0.0788. The van der Waals surface area contributed by atoms with Crippen molar-refractivity contribution in [1.82, 2.24) is 10.0 Å². The summed E-state index contributed by atoms with van der Waals surface area (Å²) in [5, 5.41) is 3.13. The van der Waals surface area contributed by atoms with Crippen LogP contribution in [0.5, 0.6) is 5.75 Å². The molecule has 2 N–H and O–H groups in total. The third kappa shape index (κ3) is 7.02. The summed E-state index contributed by atoms with van der Waals surface area (Å²) in [5.74, 6) is -3.27. The van der Waals surface area contributed by atoms with Gasteiger partial charge in [0, 0.05) is 35.7 Å². The molecule has 0 spiro atoms. The first-order chi connectivity index (χ1) is 16.5. The molecular weight excluding hydrogens is 488 g/mol. The molecule has 35 heavy (non-hydrogen) atoms. The molecule has 6 nitrogen and oxygen atoms in total. The number of carbonyl (C=O) groups excluding carboxylic acids is 1. The lowest BCUT2D eigenvalue weighted by molar-refractivity contribution is -0.118. The fraction of sp³-hybridized carbons (Fsp3) is 0.458. The van der Waals surface area contributed by atoms with Crippen LogP contribution in [0, 0.1) is 17.5 Å². The Morgan fingerprint density at radius 3 is 2.66 bits per heavy atom. The van der Waals surface area contributed by atoms with Crippen molar-refractivity contribution < 1.29 is 35.5 Å². The van der Waals surface area contributed by atoms with E-state index in [1.54, 1.807) is 6.92 Å². The Morgan fingerprint density at radius 1 is 1.23 bits per heavy atom. The summed E-state index contributed by atoms with van der Waals surface area (Å²) in [6, 6.07) is 3.21. The molecule has 1 saturated heterocycles. The summed E-state index contributed by atoms with van der Waals surface area (Å²) in [4.78, 5) is 11.4. The average molecular weight is 517 g/mol. The van der Waals surface area contributed by atoms with Crippen LogP contribution in [0.4, 0.5) is 17.6 Å². The number of alkyl halides is 1. The summed E-state index contributed by atoms with van der Waals surface area (Å²) in [6.07, 6.45) is 0.406. The highest BCUT2D eigenvalue weighted by molar-refractivity contribution is 7.89. The van der Waals surface area contributed by atoms with Gasteiger partial charge in [0.05, 0.1) is 0 Å². The van der Waals surface area contributed by atoms with Crippen molar-refractivity contribution in [2.75, 3.05) is 12.6 Å². The molecule has 3 rings (SSSR count). The van der Waals surface area contributed by atoms with Gasteiger partial charge in [-0.25, -0.2) is 30.7 Å². The summed E-state index contributed by atoms with van der Waals surface area (Å²) in [6.45, 7) is 3.47. The normalized spacial score (nSPS) is 19.4. The molecule has 1 aliphatic heterocycles. The summed E-state index contributed by atoms with van der Waals surface area (Å²) in [7, 11) is -4.12. The molecule has 2 aromatic rings. The minimum Gasteiger partial charge on any atom is -0.487 e. The van der Waals surface area contributed by atoms with Crippen molar-refractivity contribution in [1.29, 1.82) is 0 Å². The Labute approximate surface area is 202 Å². The predicted octanol–water partition coefficient (Wildman–Crippen LogP) is 4.03. The number of rotatable bonds is 10. The van der Waals surface area contributed by atoms with E-state index in [0.717, 1.165) is 6.07 Å². The van der Waals surface area contributed by atoms with Gasteiger partial charge in [0.1, 0.15) is 23.5 Å². The van der Waals surface area contributed by atoms with E-state index in [1.807, 2.05) is 0 Å². The number of Topliss-reactive ketones (excluding diaryl/α,β-unsaturated/α-hetero) is 1. The van der Waals surface area contributed by atoms with Crippen molar-refractivity contribution in [3.63, 3.8) is 0 Å². The number of ether oxygens (including phenoxy) is 1. The number of nitrogens with one attached hydrogen (secondary N) is 2. The third-order valence-corrected chi connectivity index (χ3v) is 6.72. The van der Waals surface area contributed by atoms with E-state index < -0.39 is 51.7 Å². The number of sulfonamides is 1. The van der Waals surface area contributed by atoms with Gasteiger partial charge in [0.15, 0.2) is 11.6 Å². The smallest absolute Gasteiger partial charge is 0.241 e. The molecule has 1 fully saturated rings. The number of carbonyl (C=O) groups is 1. The number of hydrogen-bond donors (Lipinski definition) is 2. The van der Waals surface area contributed by atoms with Gasteiger partial charge in [0.2, 0.25) is 16.0 Å². The molecule has 0 saturated carbocycles. The highest BCUT2D eigenvalue weighted by Crippen LogP contribution is 2.37. The number of hydrogen-bond acceptors (Lipinski definition) is 5. The van der Waals surface area contributed by atoms with E-state index >= 15 is 4.39 Å². The van der Waals surface area contributed by atoms with Gasteiger partial charge in [0.25, 0.3) is 0 Å². The molecule has 0 aliphatic carbocycles. The molecule has 0 amide bonds. The number of ketones is 1. The first-order valence-electron chi connectivity index (χ1n) is 11.2. The predicted molar refractivity (Wildman–Crippen MR) is 124 cm³/mol. The van der Waals surface area contributed by atoms with Crippen molar-refractivity contribution in [2.24, 2.45) is 0 Å². The van der Waals surface area contributed by atoms with E-state index in [4.69, 9.17) is 4.74 Å². The lowest BCUT2D eigenvalue weighted by Crippen LogP contribution is -2.54. The maximum Gasteiger partial charge on any atom is 0.241 e. The van der Waals surface area contributed by atoms with Crippen LogP contribution < -0.4 is 14.8 Å². The van der Waals surface area contributed by atoms with Crippen LogP contribution in [0.25, 0.3) is 11.1 Å². The fourth-order valence-corrected chi connectivity index (χ4v) is 5.09. The largest absolute Gasteiger partial charge is 0.487 e. The van der Waals surface area contributed by atoms with Gasteiger partial charge >= 0.3 is 0 Å². The molecule has 0 radical (unpaired) electrons. The minimum atomic E-state index is -4.12. The number of halogens is 4. The standard InChI is InChI=1S/C24H28F4N2O4S/c1-14(31)9-15(2)34-24-19(11-17(26)12-20(24)27)18-6-3-5-16(23(18)28)10-22-21(7-4-8-29-22)30-35(32,33)13-25/h3,5-6,11-12,15,21-22,29-30H,4,7-10,13H2,1-2H3. The average Bonchev–Trinajstić information content (AvgIpc) is 2.77. The Balaban J connectivity index is 1.95. The van der Waals surface area contributed by atoms with Crippen molar-refractivity contribution >= 4 is 15.8 Å². The van der Waals surface area contributed by atoms with E-state index in [9.17, 15) is 26.4 Å². The van der Waals surface area contributed by atoms with Crippen molar-refractivity contribution in [3.05, 3.63) is 53.3 Å². The Hall–Kier alpha value is -2.50. The first-order valence-corrected chi connectivity index (χ1v) is 12.9. The molecule has 1 heterocycles. The lowest BCUT2D eigenvalue weighted by Gasteiger charge is -2.33. The third-order valence-electron chi connectivity index (χ3n) is 5.77. The van der Waals surface area contributed by atoms with Gasteiger partial charge in [-0.05, 0) is 51.3 Å². The van der Waals surface area contributed by atoms with E-state index in [0.29, 0.717) is 25.5 Å². The van der Waals surface area contributed by atoms with E-state index in [2.05, 4.69) is 10.0 Å². The molecule has 2 aromatic carbocycles. The molecule has 0 bridgehead atoms. The van der Waals surface area contributed by atoms with Crippen LogP contribution >= 0.6 is 0 Å². The molecule has 192 valence electrons. The lowest BCUT2D eigenvalue weighted by atomic mass is 9.91. The quantitative estimate of drug-likeness (QED) is 0.466. The van der Waals surface area contributed by atoms with Gasteiger partial charge in [-0.15, -0.1) is 0 Å². The SMILES string of the molecule is CC(=O)CC(C)Oc1c(F)cc(F)cc1-c1cccc(CC2NCCCC2NS(=O)(=O)CF)c1F. The second-order valence-corrected chi connectivity index (χ2v) is 10.4. The Kier molecular flexibility index (Phi) is 8.89. The van der Waals surface area contributed by atoms with Crippen LogP contribution in [0.2, 0.25) is 0 Å². The van der Waals surface area contributed by atoms with Gasteiger partial charge in [-0.1, -0.05) is 18.2 Å². The van der Waals surface area contributed by atoms with E-state index in [-0.39, 0.29) is 41.1 Å². The van der Waals surface area contributed by atoms with Crippen molar-refractivity contribution in [3.8, 4) is 16.9 Å². The zero-order valence-corrected chi connectivity index (χ0v) is 20.2. The molecule has 3 unspecified atom stereocenters. The zero-order chi connectivity index (χ0) is 25.8. The Bertz CT molecular complexity index is 1180. The fourth-order valence-electron chi connectivity index (χ4n) is 4.28. The number of benzene rings is 2. The zero-order valence-electron chi connectivity index (χ0n) is 19.4. The van der Waals surface area contributed by atoms with Crippen LogP contribution in [-0.4, -0.2) is 44.9 Å². The summed E-state index contributed by atoms with van der Waals surface area (Å²) >= 11 is 0. The molecule has 1 aliphatic rings. The Morgan fingerprint density at radius 2 is 1.97 bits per heavy atom. The maximum absolute atomic E-state index is 15.7. The first kappa shape index (κ1) is 27.1. The highest BCUT2D eigenvalue weighted by atomic mass is 32.2. The van der Waals surface area contributed by atoms with Gasteiger partial charge < -0.3 is 10.1 Å². The topological polar surface area (TPSA) is 84.5 Å². The molecule has 11 heteroatoms. The second kappa shape index (κ2) is 11.5. The highest BCUT2D eigenvalue weighted by Gasteiger charge is 2.30. The van der Waals surface area contributed by atoms with Crippen molar-refractivity contribution in [2.45, 2.75) is 57.7 Å². The van der Waals surface area contributed by atoms with Crippen LogP contribution in [-0.2, 0) is 21.2 Å². The van der Waals surface area contributed by atoms with Gasteiger partial charge in [-0.3, -0.25) is 4.79 Å². The van der Waals surface area contributed by atoms with E-state index in [1.165, 1.54) is 25.1 Å². The maximum atomic E-state index is 15.7. The minimum absolute atomic E-state index is 0.0116. The molecule has 3 atom stereocenters.